The van der Waals surface area contributed by atoms with Gasteiger partial charge < -0.3 is 19.9 Å². The third-order valence-electron chi connectivity index (χ3n) is 6.39. The number of ether oxygens (including phenoxy) is 1. The summed E-state index contributed by atoms with van der Waals surface area (Å²) in [6.07, 6.45) is 3.81. The van der Waals surface area contributed by atoms with Gasteiger partial charge >= 0.3 is 6.09 Å². The minimum Gasteiger partial charge on any atom is -0.453 e. The Morgan fingerprint density at radius 2 is 1.81 bits per heavy atom. The number of carbonyl (C=O) groups is 2. The predicted octanol–water partition coefficient (Wildman–Crippen LogP) is 4.22. The van der Waals surface area contributed by atoms with E-state index in [1.165, 1.54) is 7.11 Å². The minimum atomic E-state index is -0.378. The Morgan fingerprint density at radius 1 is 1.03 bits per heavy atom. The molecule has 1 unspecified atom stereocenters. The molecular formula is C27H26N6O3. The Labute approximate surface area is 208 Å². The van der Waals surface area contributed by atoms with Gasteiger partial charge in [-0.2, -0.15) is 0 Å². The zero-order chi connectivity index (χ0) is 25.1. The maximum absolute atomic E-state index is 12.7. The number of likely N-dealkylation sites (N-methyl/N-ethyl adjacent to an activating group) is 1. The first-order chi connectivity index (χ1) is 17.5. The summed E-state index contributed by atoms with van der Waals surface area (Å²) < 4.78 is 4.83. The summed E-state index contributed by atoms with van der Waals surface area (Å²) in [4.78, 5) is 41.6. The highest BCUT2D eigenvalue weighted by Gasteiger charge is 2.29. The number of nitrogens with zero attached hydrogens (tertiary/aromatic N) is 5. The Kier molecular flexibility index (Phi) is 6.44. The molecule has 182 valence electrons. The topological polar surface area (TPSA) is 101 Å². The fourth-order valence-corrected chi connectivity index (χ4v) is 4.34. The SMILES string of the molecule is COC(=O)N(C)C1CCN(c2ccc3cc(NC(=O)c4ncc(-c5ccccc5)cn4)ccc3n2)C1. The largest absolute Gasteiger partial charge is 0.453 e. The zero-order valence-electron chi connectivity index (χ0n) is 20.1. The van der Waals surface area contributed by atoms with Crippen molar-refractivity contribution in [3.63, 3.8) is 0 Å². The van der Waals surface area contributed by atoms with Gasteiger partial charge in [-0.05, 0) is 42.3 Å². The molecule has 1 atom stereocenters. The summed E-state index contributed by atoms with van der Waals surface area (Å²) in [5.41, 5.74) is 3.30. The van der Waals surface area contributed by atoms with Gasteiger partial charge in [-0.15, -0.1) is 0 Å². The van der Waals surface area contributed by atoms with Gasteiger partial charge in [0.25, 0.3) is 5.91 Å². The van der Waals surface area contributed by atoms with Crippen molar-refractivity contribution >= 4 is 34.4 Å². The van der Waals surface area contributed by atoms with E-state index in [1.807, 2.05) is 60.7 Å². The van der Waals surface area contributed by atoms with Crippen molar-refractivity contribution < 1.29 is 14.3 Å². The van der Waals surface area contributed by atoms with Gasteiger partial charge in [0.05, 0.1) is 18.7 Å². The maximum atomic E-state index is 12.7. The summed E-state index contributed by atoms with van der Waals surface area (Å²) >= 11 is 0. The van der Waals surface area contributed by atoms with Gasteiger partial charge in [-0.1, -0.05) is 30.3 Å². The molecule has 0 radical (unpaired) electrons. The van der Waals surface area contributed by atoms with Crippen LogP contribution in [-0.2, 0) is 4.74 Å². The average Bonchev–Trinajstić information content (AvgIpc) is 3.43. The molecule has 0 aliphatic carbocycles. The number of hydrogen-bond donors (Lipinski definition) is 1. The third kappa shape index (κ3) is 4.81. The Balaban J connectivity index is 1.26. The molecule has 2 aromatic heterocycles. The van der Waals surface area contributed by atoms with Crippen molar-refractivity contribution in [1.29, 1.82) is 0 Å². The van der Waals surface area contributed by atoms with Gasteiger partial charge in [0.2, 0.25) is 5.82 Å². The molecule has 1 saturated heterocycles. The molecule has 0 bridgehead atoms. The van der Waals surface area contributed by atoms with Crippen LogP contribution in [0.15, 0.2) is 73.1 Å². The zero-order valence-corrected chi connectivity index (χ0v) is 20.1. The highest BCUT2D eigenvalue weighted by molar-refractivity contribution is 6.02. The van der Waals surface area contributed by atoms with E-state index < -0.39 is 0 Å². The van der Waals surface area contributed by atoms with Crippen LogP contribution in [0.25, 0.3) is 22.0 Å². The Bertz CT molecular complexity index is 1390. The number of fused-ring (bicyclic) bond motifs is 1. The third-order valence-corrected chi connectivity index (χ3v) is 6.39. The van der Waals surface area contributed by atoms with Crippen LogP contribution >= 0.6 is 0 Å². The molecule has 0 saturated carbocycles. The van der Waals surface area contributed by atoms with Crippen LogP contribution < -0.4 is 10.2 Å². The number of anilines is 2. The maximum Gasteiger partial charge on any atom is 0.409 e. The quantitative estimate of drug-likeness (QED) is 0.455. The van der Waals surface area contributed by atoms with Crippen molar-refractivity contribution in [1.82, 2.24) is 19.9 Å². The van der Waals surface area contributed by atoms with Gasteiger partial charge in [0.15, 0.2) is 0 Å². The molecule has 2 amide bonds. The molecule has 1 aliphatic rings. The van der Waals surface area contributed by atoms with Gasteiger partial charge in [0, 0.05) is 49.2 Å². The summed E-state index contributed by atoms with van der Waals surface area (Å²) in [5, 5.41) is 3.76. The summed E-state index contributed by atoms with van der Waals surface area (Å²) in [7, 11) is 3.15. The Hall–Kier alpha value is -4.53. The molecule has 1 N–H and O–H groups in total. The van der Waals surface area contributed by atoms with Gasteiger partial charge in [-0.3, -0.25) is 4.79 Å². The molecule has 3 heterocycles. The van der Waals surface area contributed by atoms with Crippen molar-refractivity contribution in [2.24, 2.45) is 0 Å². The lowest BCUT2D eigenvalue weighted by Gasteiger charge is -2.24. The molecule has 0 spiro atoms. The number of benzene rings is 2. The molecule has 9 heteroatoms. The number of amides is 2. The predicted molar refractivity (Wildman–Crippen MR) is 138 cm³/mol. The second-order valence-corrected chi connectivity index (χ2v) is 8.66. The minimum absolute atomic E-state index is 0.0801. The van der Waals surface area contributed by atoms with Crippen LogP contribution in [0.5, 0.6) is 0 Å². The number of aromatic nitrogens is 3. The second-order valence-electron chi connectivity index (χ2n) is 8.66. The lowest BCUT2D eigenvalue weighted by atomic mass is 10.1. The second kappa shape index (κ2) is 9.99. The highest BCUT2D eigenvalue weighted by atomic mass is 16.5. The van der Waals surface area contributed by atoms with E-state index in [4.69, 9.17) is 9.72 Å². The molecule has 4 aromatic rings. The molecule has 1 fully saturated rings. The Morgan fingerprint density at radius 3 is 2.56 bits per heavy atom. The summed E-state index contributed by atoms with van der Waals surface area (Å²) in [5.74, 6) is 0.576. The van der Waals surface area contributed by atoms with Crippen molar-refractivity contribution in [2.45, 2.75) is 12.5 Å². The number of hydrogen-bond acceptors (Lipinski definition) is 7. The smallest absolute Gasteiger partial charge is 0.409 e. The van der Waals surface area contributed by atoms with Crippen LogP contribution in [-0.4, -0.2) is 65.1 Å². The van der Waals surface area contributed by atoms with E-state index in [0.717, 1.165) is 40.8 Å². The summed E-state index contributed by atoms with van der Waals surface area (Å²) in [6.45, 7) is 1.50. The fraction of sp³-hybridized carbons (Fsp3) is 0.222. The van der Waals surface area contributed by atoms with Crippen LogP contribution in [0.4, 0.5) is 16.3 Å². The number of pyridine rings is 1. The number of rotatable bonds is 5. The first-order valence-corrected chi connectivity index (χ1v) is 11.7. The normalized spacial score (nSPS) is 15.1. The van der Waals surface area contributed by atoms with Crippen LogP contribution in [0.2, 0.25) is 0 Å². The van der Waals surface area contributed by atoms with Gasteiger partial charge in [-0.25, -0.2) is 19.7 Å². The standard InChI is InChI=1S/C27H26N6O3/c1-32(27(35)36-2)22-12-13-33(17-22)24-11-8-19-14-21(9-10-23(19)31-24)30-26(34)25-28-15-20(16-29-25)18-6-4-3-5-7-18/h3-11,14-16,22H,12-13,17H2,1-2H3,(H,30,34). The lowest BCUT2D eigenvalue weighted by molar-refractivity contribution is 0.101. The molecular weight excluding hydrogens is 456 g/mol. The molecule has 9 nitrogen and oxygen atoms in total. The van der Waals surface area contributed by atoms with E-state index >= 15 is 0 Å². The van der Waals surface area contributed by atoms with Crippen LogP contribution in [0.3, 0.4) is 0 Å². The molecule has 5 rings (SSSR count). The van der Waals surface area contributed by atoms with Crippen molar-refractivity contribution in [3.8, 4) is 11.1 Å². The summed E-state index contributed by atoms with van der Waals surface area (Å²) in [6, 6.07) is 19.4. The highest BCUT2D eigenvalue weighted by Crippen LogP contribution is 2.25. The molecule has 36 heavy (non-hydrogen) atoms. The van der Waals surface area contributed by atoms with Crippen LogP contribution in [0.1, 0.15) is 17.0 Å². The van der Waals surface area contributed by atoms with E-state index in [9.17, 15) is 9.59 Å². The molecule has 2 aromatic carbocycles. The first-order valence-electron chi connectivity index (χ1n) is 11.7. The van der Waals surface area contributed by atoms with Gasteiger partial charge in [0.1, 0.15) is 5.82 Å². The van der Waals surface area contributed by atoms with Crippen molar-refractivity contribution in [2.75, 3.05) is 37.5 Å². The van der Waals surface area contributed by atoms with Crippen LogP contribution in [0, 0.1) is 0 Å². The van der Waals surface area contributed by atoms with E-state index in [-0.39, 0.29) is 23.9 Å². The number of methoxy groups -OCH3 is 1. The van der Waals surface area contributed by atoms with Crippen molar-refractivity contribution in [3.05, 3.63) is 78.9 Å². The van der Waals surface area contributed by atoms with E-state index in [2.05, 4.69) is 20.2 Å². The lowest BCUT2D eigenvalue weighted by Crippen LogP contribution is -2.39. The first kappa shape index (κ1) is 23.2. The fourth-order valence-electron chi connectivity index (χ4n) is 4.34. The number of carbonyl (C=O) groups excluding carboxylic acids is 2. The van der Waals surface area contributed by atoms with E-state index in [1.54, 1.807) is 24.3 Å². The molecule has 1 aliphatic heterocycles. The monoisotopic (exact) mass is 482 g/mol. The number of nitrogens with one attached hydrogen (secondary N) is 1. The van der Waals surface area contributed by atoms with E-state index in [0.29, 0.717) is 12.2 Å². The average molecular weight is 483 g/mol.